The van der Waals surface area contributed by atoms with Crippen LogP contribution in [-0.4, -0.2) is 39.1 Å². The molecule has 5 nitrogen and oxygen atoms in total. The summed E-state index contributed by atoms with van der Waals surface area (Å²) in [6.45, 7) is 1.60. The third kappa shape index (κ3) is 5.03. The van der Waals surface area contributed by atoms with Crippen LogP contribution in [0.2, 0.25) is 0 Å². The minimum atomic E-state index is -3.34. The van der Waals surface area contributed by atoms with Gasteiger partial charge in [-0.2, -0.15) is 0 Å². The molecule has 1 unspecified atom stereocenters. The van der Waals surface area contributed by atoms with E-state index in [0.717, 1.165) is 11.8 Å². The summed E-state index contributed by atoms with van der Waals surface area (Å²) in [4.78, 5) is 13.9. The summed E-state index contributed by atoms with van der Waals surface area (Å²) < 4.78 is 41.5. The largest absolute Gasteiger partial charge is 0.484 e. The van der Waals surface area contributed by atoms with Crippen LogP contribution in [0.25, 0.3) is 0 Å². The van der Waals surface area contributed by atoms with Crippen LogP contribution in [0.1, 0.15) is 18.5 Å². The number of benzene rings is 2. The molecule has 0 N–H and O–H groups in total. The molecule has 0 spiro atoms. The highest BCUT2D eigenvalue weighted by molar-refractivity contribution is 7.90. The Morgan fingerprint density at radius 2 is 1.84 bits per heavy atom. The summed E-state index contributed by atoms with van der Waals surface area (Å²) in [5.74, 6) is -0.306. The standard InChI is InChI=1S/C18H20FNO4S/c1-13(14-7-9-15(19)10-8-14)20(2)18(21)12-24-16-5-4-6-17(11-16)25(3,22)23/h4-11,13H,12H2,1-3H3. The number of carbonyl (C=O) groups is 1. The average Bonchev–Trinajstić information content (AvgIpc) is 2.58. The lowest BCUT2D eigenvalue weighted by Crippen LogP contribution is -2.33. The van der Waals surface area contributed by atoms with Crippen LogP contribution in [0.5, 0.6) is 5.75 Å². The molecular formula is C18H20FNO4S. The second kappa shape index (κ2) is 7.65. The number of ether oxygens (including phenoxy) is 1. The monoisotopic (exact) mass is 365 g/mol. The fraction of sp³-hybridized carbons (Fsp3) is 0.278. The Morgan fingerprint density at radius 3 is 2.44 bits per heavy atom. The summed E-state index contributed by atoms with van der Waals surface area (Å²) in [6.07, 6.45) is 1.11. The number of sulfone groups is 1. The van der Waals surface area contributed by atoms with Crippen molar-refractivity contribution in [2.24, 2.45) is 0 Å². The van der Waals surface area contributed by atoms with Gasteiger partial charge in [0.25, 0.3) is 5.91 Å². The highest BCUT2D eigenvalue weighted by Crippen LogP contribution is 2.20. The van der Waals surface area contributed by atoms with Crippen molar-refractivity contribution in [2.45, 2.75) is 17.9 Å². The summed E-state index contributed by atoms with van der Waals surface area (Å²) in [5.41, 5.74) is 0.802. The molecule has 1 amide bonds. The number of nitrogens with zero attached hydrogens (tertiary/aromatic N) is 1. The van der Waals surface area contributed by atoms with Crippen molar-refractivity contribution >= 4 is 15.7 Å². The molecule has 0 heterocycles. The quantitative estimate of drug-likeness (QED) is 0.790. The molecule has 0 aromatic heterocycles. The number of carbonyl (C=O) groups excluding carboxylic acids is 1. The van der Waals surface area contributed by atoms with E-state index in [-0.39, 0.29) is 29.3 Å². The van der Waals surface area contributed by atoms with E-state index in [1.54, 1.807) is 31.3 Å². The van der Waals surface area contributed by atoms with Crippen LogP contribution < -0.4 is 4.74 Å². The Balaban J connectivity index is 2.01. The molecular weight excluding hydrogens is 345 g/mol. The second-order valence-electron chi connectivity index (χ2n) is 5.77. The first-order valence-corrected chi connectivity index (χ1v) is 9.51. The first kappa shape index (κ1) is 18.9. The highest BCUT2D eigenvalue weighted by Gasteiger charge is 2.18. The maximum atomic E-state index is 13.0. The Morgan fingerprint density at radius 1 is 1.20 bits per heavy atom. The van der Waals surface area contributed by atoms with E-state index in [1.165, 1.54) is 29.2 Å². The van der Waals surface area contributed by atoms with Crippen molar-refractivity contribution < 1.29 is 22.3 Å². The maximum Gasteiger partial charge on any atom is 0.260 e. The molecule has 1 atom stereocenters. The van der Waals surface area contributed by atoms with Crippen molar-refractivity contribution in [2.75, 3.05) is 19.9 Å². The number of rotatable bonds is 6. The van der Waals surface area contributed by atoms with Gasteiger partial charge in [-0.3, -0.25) is 4.79 Å². The molecule has 7 heteroatoms. The minimum Gasteiger partial charge on any atom is -0.484 e. The van der Waals surface area contributed by atoms with Crippen LogP contribution in [0.3, 0.4) is 0 Å². The first-order chi connectivity index (χ1) is 11.7. The predicted octanol–water partition coefficient (Wildman–Crippen LogP) is 2.83. The van der Waals surface area contributed by atoms with Gasteiger partial charge in [0, 0.05) is 13.3 Å². The molecule has 0 bridgehead atoms. The molecule has 0 radical (unpaired) electrons. The highest BCUT2D eigenvalue weighted by atomic mass is 32.2. The SMILES string of the molecule is CC(c1ccc(F)cc1)N(C)C(=O)COc1cccc(S(C)(=O)=O)c1. The van der Waals surface area contributed by atoms with Crippen LogP contribution in [0.15, 0.2) is 53.4 Å². The third-order valence-electron chi connectivity index (χ3n) is 3.92. The third-order valence-corrected chi connectivity index (χ3v) is 5.03. The molecule has 25 heavy (non-hydrogen) atoms. The van der Waals surface area contributed by atoms with Crippen LogP contribution in [-0.2, 0) is 14.6 Å². The number of likely N-dealkylation sites (N-methyl/N-ethyl adjacent to an activating group) is 1. The summed E-state index contributed by atoms with van der Waals surface area (Å²) in [7, 11) is -1.71. The zero-order chi connectivity index (χ0) is 18.6. The lowest BCUT2D eigenvalue weighted by Gasteiger charge is -2.25. The molecule has 2 aromatic carbocycles. The molecule has 0 saturated carbocycles. The minimum absolute atomic E-state index is 0.130. The van der Waals surface area contributed by atoms with Gasteiger partial charge in [-0.05, 0) is 42.8 Å². The van der Waals surface area contributed by atoms with E-state index in [1.807, 2.05) is 6.92 Å². The molecule has 0 aliphatic heterocycles. The number of hydrogen-bond donors (Lipinski definition) is 0. The van der Waals surface area contributed by atoms with Crippen molar-refractivity contribution in [1.29, 1.82) is 0 Å². The van der Waals surface area contributed by atoms with E-state index >= 15 is 0 Å². The van der Waals surface area contributed by atoms with Crippen molar-refractivity contribution in [1.82, 2.24) is 4.90 Å². The fourth-order valence-electron chi connectivity index (χ4n) is 2.22. The van der Waals surface area contributed by atoms with Gasteiger partial charge in [-0.25, -0.2) is 12.8 Å². The van der Waals surface area contributed by atoms with Gasteiger partial charge in [-0.1, -0.05) is 18.2 Å². The Kier molecular flexibility index (Phi) is 5.79. The van der Waals surface area contributed by atoms with Gasteiger partial charge < -0.3 is 9.64 Å². The van der Waals surface area contributed by atoms with Crippen molar-refractivity contribution in [3.05, 3.63) is 59.9 Å². The van der Waals surface area contributed by atoms with Gasteiger partial charge in [0.1, 0.15) is 11.6 Å². The lowest BCUT2D eigenvalue weighted by molar-refractivity contribution is -0.134. The van der Waals surface area contributed by atoms with Gasteiger partial charge in [0.15, 0.2) is 16.4 Å². The van der Waals surface area contributed by atoms with E-state index in [0.29, 0.717) is 5.75 Å². The van der Waals surface area contributed by atoms with E-state index in [2.05, 4.69) is 0 Å². The molecule has 0 aliphatic carbocycles. The van der Waals surface area contributed by atoms with E-state index in [9.17, 15) is 17.6 Å². The zero-order valence-corrected chi connectivity index (χ0v) is 15.1. The molecule has 0 saturated heterocycles. The Labute approximate surface area is 147 Å². The van der Waals surface area contributed by atoms with Crippen molar-refractivity contribution in [3.8, 4) is 5.75 Å². The normalized spacial score (nSPS) is 12.5. The smallest absolute Gasteiger partial charge is 0.260 e. The van der Waals surface area contributed by atoms with Crippen LogP contribution in [0, 0.1) is 5.82 Å². The van der Waals surface area contributed by atoms with Gasteiger partial charge >= 0.3 is 0 Å². The Bertz CT molecular complexity index is 850. The van der Waals surface area contributed by atoms with Crippen molar-refractivity contribution in [3.63, 3.8) is 0 Å². The molecule has 0 aliphatic rings. The topological polar surface area (TPSA) is 63.7 Å². The van der Waals surface area contributed by atoms with Gasteiger partial charge in [-0.15, -0.1) is 0 Å². The molecule has 2 rings (SSSR count). The first-order valence-electron chi connectivity index (χ1n) is 7.62. The van der Waals surface area contributed by atoms with Crippen LogP contribution in [0.4, 0.5) is 4.39 Å². The second-order valence-corrected chi connectivity index (χ2v) is 7.78. The molecule has 134 valence electrons. The van der Waals surface area contributed by atoms with E-state index in [4.69, 9.17) is 4.74 Å². The number of hydrogen-bond acceptors (Lipinski definition) is 4. The zero-order valence-electron chi connectivity index (χ0n) is 14.3. The summed E-state index contributed by atoms with van der Waals surface area (Å²) >= 11 is 0. The lowest BCUT2D eigenvalue weighted by atomic mass is 10.1. The fourth-order valence-corrected chi connectivity index (χ4v) is 2.88. The summed E-state index contributed by atoms with van der Waals surface area (Å²) in [5, 5.41) is 0. The Hall–Kier alpha value is -2.41. The molecule has 0 fully saturated rings. The maximum absolute atomic E-state index is 13.0. The molecule has 2 aromatic rings. The number of amides is 1. The van der Waals surface area contributed by atoms with Gasteiger partial charge in [0.2, 0.25) is 0 Å². The van der Waals surface area contributed by atoms with Crippen LogP contribution >= 0.6 is 0 Å². The summed E-state index contributed by atoms with van der Waals surface area (Å²) in [6, 6.07) is 11.7. The van der Waals surface area contributed by atoms with Gasteiger partial charge in [0.05, 0.1) is 10.9 Å². The van der Waals surface area contributed by atoms with E-state index < -0.39 is 9.84 Å². The predicted molar refractivity (Wildman–Crippen MR) is 92.6 cm³/mol. The number of halogens is 1. The average molecular weight is 365 g/mol.